The number of amides is 2. The van der Waals surface area contributed by atoms with Gasteiger partial charge in [0.25, 0.3) is 0 Å². The van der Waals surface area contributed by atoms with Crippen molar-refractivity contribution in [1.82, 2.24) is 9.80 Å². The number of hydrogen-bond donors (Lipinski definition) is 1. The fourth-order valence-electron chi connectivity index (χ4n) is 2.64. The number of para-hydroxylation sites is 2. The van der Waals surface area contributed by atoms with Gasteiger partial charge >= 0.3 is 6.03 Å². The Bertz CT molecular complexity index is 700. The molecular weight excluding hydrogens is 354 g/mol. The van der Waals surface area contributed by atoms with Crippen molar-refractivity contribution in [2.24, 2.45) is 0 Å². The van der Waals surface area contributed by atoms with Gasteiger partial charge in [-0.15, -0.1) is 0 Å². The number of rotatable bonds is 7. The van der Waals surface area contributed by atoms with Gasteiger partial charge in [-0.3, -0.25) is 4.90 Å². The van der Waals surface area contributed by atoms with Crippen molar-refractivity contribution < 1.29 is 17.9 Å². The average Bonchev–Trinajstić information content (AvgIpc) is 2.61. The molecule has 0 radical (unpaired) electrons. The number of carbonyl (C=O) groups excluding carboxylic acids is 1. The molecule has 0 bridgehead atoms. The van der Waals surface area contributed by atoms with Gasteiger partial charge in [-0.1, -0.05) is 19.1 Å². The van der Waals surface area contributed by atoms with Gasteiger partial charge in [-0.2, -0.15) is 0 Å². The maximum Gasteiger partial charge on any atom is 0.322 e. The van der Waals surface area contributed by atoms with Crippen LogP contribution in [0.5, 0.6) is 5.75 Å². The molecule has 1 heterocycles. The van der Waals surface area contributed by atoms with Gasteiger partial charge in [-0.05, 0) is 25.5 Å². The van der Waals surface area contributed by atoms with Crippen LogP contribution in [0.4, 0.5) is 10.5 Å². The number of anilines is 1. The van der Waals surface area contributed by atoms with Crippen LogP contribution in [0.1, 0.15) is 20.3 Å². The summed E-state index contributed by atoms with van der Waals surface area (Å²) in [5.41, 5.74) is 0.664. The third kappa shape index (κ3) is 6.49. The van der Waals surface area contributed by atoms with Crippen molar-refractivity contribution in [3.05, 3.63) is 24.3 Å². The standard InChI is InChI=1S/C18H29N3O4S/c1-4-15(2)25-17-8-6-5-7-16(17)19-18(22)21-11-9-20(10-12-21)13-14-26(3,23)24/h5-8,15H,4,9-14H2,1-3H3,(H,19,22)/t15-/m1/s1. The number of nitrogens with one attached hydrogen (secondary N) is 1. The highest BCUT2D eigenvalue weighted by molar-refractivity contribution is 7.90. The van der Waals surface area contributed by atoms with Gasteiger partial charge in [0.15, 0.2) is 0 Å². The predicted molar refractivity (Wildman–Crippen MR) is 104 cm³/mol. The van der Waals surface area contributed by atoms with E-state index in [9.17, 15) is 13.2 Å². The van der Waals surface area contributed by atoms with E-state index >= 15 is 0 Å². The van der Waals surface area contributed by atoms with Crippen molar-refractivity contribution in [1.29, 1.82) is 0 Å². The molecule has 1 aromatic carbocycles. The summed E-state index contributed by atoms with van der Waals surface area (Å²) in [4.78, 5) is 16.4. The zero-order valence-corrected chi connectivity index (χ0v) is 16.6. The molecule has 0 saturated carbocycles. The van der Waals surface area contributed by atoms with E-state index in [1.807, 2.05) is 31.2 Å². The highest BCUT2D eigenvalue weighted by Gasteiger charge is 2.22. The number of sulfone groups is 1. The predicted octanol–water partition coefficient (Wildman–Crippen LogP) is 2.06. The summed E-state index contributed by atoms with van der Waals surface area (Å²) in [7, 11) is -2.96. The zero-order valence-electron chi connectivity index (χ0n) is 15.8. The number of urea groups is 1. The fourth-order valence-corrected chi connectivity index (χ4v) is 3.23. The monoisotopic (exact) mass is 383 g/mol. The highest BCUT2D eigenvalue weighted by Crippen LogP contribution is 2.25. The molecule has 1 aromatic rings. The number of benzene rings is 1. The Labute approximate surface area is 156 Å². The van der Waals surface area contributed by atoms with E-state index in [4.69, 9.17) is 4.74 Å². The minimum Gasteiger partial charge on any atom is -0.489 e. The number of hydrogen-bond acceptors (Lipinski definition) is 5. The molecule has 2 amide bonds. The Morgan fingerprint density at radius 1 is 1.23 bits per heavy atom. The van der Waals surface area contributed by atoms with Gasteiger partial charge in [-0.25, -0.2) is 13.2 Å². The Balaban J connectivity index is 1.88. The Hall–Kier alpha value is -1.80. The summed E-state index contributed by atoms with van der Waals surface area (Å²) in [5.74, 6) is 0.821. The maximum atomic E-state index is 12.5. The molecule has 8 heteroatoms. The molecule has 1 atom stereocenters. The van der Waals surface area contributed by atoms with Crippen molar-refractivity contribution in [2.45, 2.75) is 26.4 Å². The molecule has 0 spiro atoms. The van der Waals surface area contributed by atoms with Crippen LogP contribution in [0, 0.1) is 0 Å². The van der Waals surface area contributed by atoms with Gasteiger partial charge in [0.05, 0.1) is 17.5 Å². The van der Waals surface area contributed by atoms with Crippen molar-refractivity contribution >= 4 is 21.6 Å². The summed E-state index contributed by atoms with van der Waals surface area (Å²) in [6.07, 6.45) is 2.21. The highest BCUT2D eigenvalue weighted by atomic mass is 32.2. The minimum absolute atomic E-state index is 0.0754. The number of ether oxygens (including phenoxy) is 1. The molecule has 146 valence electrons. The molecule has 26 heavy (non-hydrogen) atoms. The molecule has 1 aliphatic heterocycles. The second kappa shape index (κ2) is 9.23. The second-order valence-corrected chi connectivity index (χ2v) is 8.98. The molecule has 0 aliphatic carbocycles. The molecule has 2 rings (SSSR count). The third-order valence-electron chi connectivity index (χ3n) is 4.47. The molecular formula is C18H29N3O4S. The molecule has 1 N–H and O–H groups in total. The first-order valence-corrected chi connectivity index (χ1v) is 11.1. The molecule has 7 nitrogen and oxygen atoms in total. The van der Waals surface area contributed by atoms with Crippen LogP contribution in [0.2, 0.25) is 0 Å². The van der Waals surface area contributed by atoms with Crippen LogP contribution in [0.25, 0.3) is 0 Å². The molecule has 0 unspecified atom stereocenters. The lowest BCUT2D eigenvalue weighted by atomic mass is 10.2. The Kier molecular flexibility index (Phi) is 7.28. The Morgan fingerprint density at radius 3 is 2.50 bits per heavy atom. The summed E-state index contributed by atoms with van der Waals surface area (Å²) < 4.78 is 28.4. The van der Waals surface area contributed by atoms with Crippen LogP contribution in [0.15, 0.2) is 24.3 Å². The molecule has 0 aromatic heterocycles. The van der Waals surface area contributed by atoms with E-state index in [1.165, 1.54) is 6.26 Å². The first-order chi connectivity index (χ1) is 12.3. The number of nitrogens with zero attached hydrogens (tertiary/aromatic N) is 2. The third-order valence-corrected chi connectivity index (χ3v) is 5.39. The second-order valence-electron chi connectivity index (χ2n) is 6.72. The normalized spacial score (nSPS) is 17.0. The topological polar surface area (TPSA) is 79.0 Å². The van der Waals surface area contributed by atoms with E-state index in [0.717, 1.165) is 6.42 Å². The fraction of sp³-hybridized carbons (Fsp3) is 0.611. The van der Waals surface area contributed by atoms with Gasteiger partial charge in [0, 0.05) is 39.0 Å². The lowest BCUT2D eigenvalue weighted by Gasteiger charge is -2.34. The number of carbonyl (C=O) groups is 1. The summed E-state index contributed by atoms with van der Waals surface area (Å²) in [6.45, 7) is 7.05. The Morgan fingerprint density at radius 2 is 1.88 bits per heavy atom. The first-order valence-electron chi connectivity index (χ1n) is 9.00. The quantitative estimate of drug-likeness (QED) is 0.780. The van der Waals surface area contributed by atoms with Crippen LogP contribution >= 0.6 is 0 Å². The van der Waals surface area contributed by atoms with Gasteiger partial charge in [0.2, 0.25) is 0 Å². The van der Waals surface area contributed by atoms with Crippen LogP contribution < -0.4 is 10.1 Å². The van der Waals surface area contributed by atoms with Crippen LogP contribution in [-0.2, 0) is 9.84 Å². The van der Waals surface area contributed by atoms with E-state index < -0.39 is 9.84 Å². The largest absolute Gasteiger partial charge is 0.489 e. The van der Waals surface area contributed by atoms with E-state index in [2.05, 4.69) is 17.1 Å². The lowest BCUT2D eigenvalue weighted by Crippen LogP contribution is -2.50. The summed E-state index contributed by atoms with van der Waals surface area (Å²) >= 11 is 0. The SMILES string of the molecule is CC[C@@H](C)Oc1ccccc1NC(=O)N1CCN(CCS(C)(=O)=O)CC1. The first kappa shape index (κ1) is 20.5. The lowest BCUT2D eigenvalue weighted by molar-refractivity contribution is 0.151. The summed E-state index contributed by atoms with van der Waals surface area (Å²) in [6, 6.07) is 7.27. The van der Waals surface area contributed by atoms with Crippen molar-refractivity contribution in [3.63, 3.8) is 0 Å². The van der Waals surface area contributed by atoms with E-state index in [0.29, 0.717) is 44.2 Å². The molecule has 1 saturated heterocycles. The molecule has 1 fully saturated rings. The van der Waals surface area contributed by atoms with E-state index in [-0.39, 0.29) is 17.9 Å². The van der Waals surface area contributed by atoms with Crippen LogP contribution in [-0.4, -0.2) is 75.1 Å². The smallest absolute Gasteiger partial charge is 0.322 e. The van der Waals surface area contributed by atoms with Crippen molar-refractivity contribution in [2.75, 3.05) is 50.0 Å². The zero-order chi connectivity index (χ0) is 19.2. The number of piperazine rings is 1. The van der Waals surface area contributed by atoms with Crippen molar-refractivity contribution in [3.8, 4) is 5.75 Å². The minimum atomic E-state index is -2.96. The van der Waals surface area contributed by atoms with Gasteiger partial charge in [0.1, 0.15) is 15.6 Å². The average molecular weight is 384 g/mol. The van der Waals surface area contributed by atoms with Crippen LogP contribution in [0.3, 0.4) is 0 Å². The molecule has 1 aliphatic rings. The maximum absolute atomic E-state index is 12.5. The van der Waals surface area contributed by atoms with E-state index in [1.54, 1.807) is 4.90 Å². The van der Waals surface area contributed by atoms with Gasteiger partial charge < -0.3 is 15.0 Å². The summed E-state index contributed by atoms with van der Waals surface area (Å²) in [5, 5.41) is 2.93.